The fraction of sp³-hybridized carbons (Fsp3) is 0.381. The number of hydrogen-bond acceptors (Lipinski definition) is 8. The minimum Gasteiger partial charge on any atom is -0.406 e. The molecule has 2 aromatic heterocycles. The first-order chi connectivity index (χ1) is 15.7. The lowest BCUT2D eigenvalue weighted by molar-refractivity contribution is -0.274. The number of thiazole rings is 2. The van der Waals surface area contributed by atoms with Crippen LogP contribution in [0, 0.1) is 6.92 Å². The Bertz CT molecular complexity index is 1090. The van der Waals surface area contributed by atoms with Gasteiger partial charge in [-0.25, -0.2) is 9.97 Å². The second kappa shape index (κ2) is 10.1. The number of benzene rings is 1. The molecule has 0 aliphatic carbocycles. The Balaban J connectivity index is 1.37. The third kappa shape index (κ3) is 6.65. The van der Waals surface area contributed by atoms with E-state index in [-0.39, 0.29) is 17.8 Å². The second-order valence-electron chi connectivity index (χ2n) is 7.41. The molecular weight excluding hydrogens is 477 g/mol. The zero-order valence-corrected chi connectivity index (χ0v) is 19.2. The van der Waals surface area contributed by atoms with E-state index in [0.29, 0.717) is 34.7 Å². The van der Waals surface area contributed by atoms with Crippen molar-refractivity contribution in [1.29, 1.82) is 0 Å². The average molecular weight is 499 g/mol. The SMILES string of the molecule is Cc1nc(NC(=O)C[C@@H]2CCCCO2)sc1-c1csc(Nc2ccc(OC(F)(F)F)cc2)n1. The van der Waals surface area contributed by atoms with E-state index in [1.807, 2.05) is 12.3 Å². The molecule has 0 spiro atoms. The highest BCUT2D eigenvalue weighted by molar-refractivity contribution is 7.20. The number of aromatic nitrogens is 2. The molecular formula is C21H21F3N4O3S2. The van der Waals surface area contributed by atoms with Gasteiger partial charge in [-0.2, -0.15) is 0 Å². The van der Waals surface area contributed by atoms with E-state index in [9.17, 15) is 18.0 Å². The lowest BCUT2D eigenvalue weighted by Crippen LogP contribution is -2.25. The zero-order valence-electron chi connectivity index (χ0n) is 17.6. The molecule has 0 radical (unpaired) electrons. The largest absolute Gasteiger partial charge is 0.573 e. The molecule has 1 atom stereocenters. The van der Waals surface area contributed by atoms with Crippen molar-refractivity contribution >= 4 is 44.5 Å². The van der Waals surface area contributed by atoms with Gasteiger partial charge in [-0.3, -0.25) is 4.79 Å². The van der Waals surface area contributed by atoms with Crippen LogP contribution in [-0.4, -0.2) is 34.9 Å². The van der Waals surface area contributed by atoms with E-state index in [4.69, 9.17) is 4.74 Å². The molecule has 0 unspecified atom stereocenters. The van der Waals surface area contributed by atoms with Gasteiger partial charge < -0.3 is 20.1 Å². The van der Waals surface area contributed by atoms with Crippen LogP contribution in [0.4, 0.5) is 29.1 Å². The van der Waals surface area contributed by atoms with Crippen LogP contribution in [0.5, 0.6) is 5.75 Å². The van der Waals surface area contributed by atoms with Gasteiger partial charge in [0.15, 0.2) is 10.3 Å². The number of amides is 1. The molecule has 1 aromatic carbocycles. The van der Waals surface area contributed by atoms with Crippen molar-refractivity contribution in [2.45, 2.75) is 45.1 Å². The predicted octanol–water partition coefficient (Wildman–Crippen LogP) is 6.11. The Morgan fingerprint density at radius 3 is 2.70 bits per heavy atom. The molecule has 1 fully saturated rings. The molecule has 3 heterocycles. The van der Waals surface area contributed by atoms with E-state index < -0.39 is 6.36 Å². The van der Waals surface area contributed by atoms with Crippen molar-refractivity contribution < 1.29 is 27.4 Å². The number of ether oxygens (including phenoxy) is 2. The van der Waals surface area contributed by atoms with Gasteiger partial charge in [0.2, 0.25) is 5.91 Å². The molecule has 3 aromatic rings. The molecule has 4 rings (SSSR count). The van der Waals surface area contributed by atoms with E-state index in [2.05, 4.69) is 25.3 Å². The van der Waals surface area contributed by atoms with Gasteiger partial charge in [0.25, 0.3) is 0 Å². The summed E-state index contributed by atoms with van der Waals surface area (Å²) in [5.74, 6) is -0.418. The highest BCUT2D eigenvalue weighted by Gasteiger charge is 2.31. The normalized spacial score (nSPS) is 16.4. The number of nitrogens with one attached hydrogen (secondary N) is 2. The van der Waals surface area contributed by atoms with Crippen molar-refractivity contribution in [3.05, 3.63) is 35.3 Å². The summed E-state index contributed by atoms with van der Waals surface area (Å²) >= 11 is 2.69. The summed E-state index contributed by atoms with van der Waals surface area (Å²) in [5.41, 5.74) is 2.02. The Labute approximate surface area is 196 Å². The van der Waals surface area contributed by atoms with E-state index in [0.717, 1.165) is 29.8 Å². The third-order valence-corrected chi connectivity index (χ3v) is 6.66. The number of alkyl halides is 3. The molecule has 1 amide bonds. The van der Waals surface area contributed by atoms with Crippen molar-refractivity contribution in [3.8, 4) is 16.3 Å². The minimum absolute atomic E-state index is 0.0412. The Morgan fingerprint density at radius 2 is 2.00 bits per heavy atom. The van der Waals surface area contributed by atoms with Gasteiger partial charge in [0.1, 0.15) is 5.75 Å². The van der Waals surface area contributed by atoms with Gasteiger partial charge in [-0.1, -0.05) is 11.3 Å². The number of carbonyl (C=O) groups excluding carboxylic acids is 1. The van der Waals surface area contributed by atoms with Crippen molar-refractivity contribution in [2.75, 3.05) is 17.2 Å². The van der Waals surface area contributed by atoms with E-state index >= 15 is 0 Å². The van der Waals surface area contributed by atoms with Gasteiger partial charge in [0, 0.05) is 17.7 Å². The van der Waals surface area contributed by atoms with Gasteiger partial charge in [0.05, 0.1) is 28.8 Å². The van der Waals surface area contributed by atoms with E-state index in [1.54, 1.807) is 0 Å². The summed E-state index contributed by atoms with van der Waals surface area (Å²) in [5, 5.41) is 8.83. The van der Waals surface area contributed by atoms with Crippen LogP contribution in [-0.2, 0) is 9.53 Å². The van der Waals surface area contributed by atoms with Crippen LogP contribution >= 0.6 is 22.7 Å². The summed E-state index contributed by atoms with van der Waals surface area (Å²) in [7, 11) is 0. The number of hydrogen-bond donors (Lipinski definition) is 2. The summed E-state index contributed by atoms with van der Waals surface area (Å²) in [6, 6.07) is 5.41. The zero-order chi connectivity index (χ0) is 23.4. The van der Waals surface area contributed by atoms with Crippen molar-refractivity contribution in [2.24, 2.45) is 0 Å². The summed E-state index contributed by atoms with van der Waals surface area (Å²) in [6.45, 7) is 2.54. The Hall–Kier alpha value is -2.70. The van der Waals surface area contributed by atoms with Gasteiger partial charge in [-0.05, 0) is 50.5 Å². The first-order valence-corrected chi connectivity index (χ1v) is 11.9. The van der Waals surface area contributed by atoms with Crippen LogP contribution in [0.15, 0.2) is 29.6 Å². The summed E-state index contributed by atoms with van der Waals surface area (Å²) in [4.78, 5) is 22.1. The molecule has 0 saturated carbocycles. The third-order valence-electron chi connectivity index (χ3n) is 4.81. The quantitative estimate of drug-likeness (QED) is 0.409. The molecule has 12 heteroatoms. The highest BCUT2D eigenvalue weighted by Crippen LogP contribution is 2.35. The van der Waals surface area contributed by atoms with Gasteiger partial charge in [-0.15, -0.1) is 24.5 Å². The van der Waals surface area contributed by atoms with Crippen molar-refractivity contribution in [1.82, 2.24) is 9.97 Å². The maximum absolute atomic E-state index is 12.3. The molecule has 7 nitrogen and oxygen atoms in total. The Kier molecular flexibility index (Phi) is 7.15. The molecule has 33 heavy (non-hydrogen) atoms. The number of anilines is 3. The average Bonchev–Trinajstić information content (AvgIpc) is 3.35. The number of carbonyl (C=O) groups is 1. The summed E-state index contributed by atoms with van der Waals surface area (Å²) < 4.78 is 46.3. The lowest BCUT2D eigenvalue weighted by Gasteiger charge is -2.21. The summed E-state index contributed by atoms with van der Waals surface area (Å²) in [6.07, 6.45) is -1.46. The standard InChI is InChI=1S/C21H21F3N4O3S2/c1-12-18(33-20(25-12)28-17(29)10-15-4-2-3-9-30-15)16-11-32-19(27-16)26-13-5-7-14(8-6-13)31-21(22,23)24/h5-8,11,15H,2-4,9-10H2,1H3,(H,26,27)(H,25,28,29)/t15-/m0/s1. The maximum atomic E-state index is 12.3. The molecule has 1 saturated heterocycles. The molecule has 2 N–H and O–H groups in total. The molecule has 1 aliphatic rings. The smallest absolute Gasteiger partial charge is 0.406 e. The van der Waals surface area contributed by atoms with Crippen LogP contribution in [0.2, 0.25) is 0 Å². The fourth-order valence-corrected chi connectivity index (χ4v) is 5.07. The first-order valence-electron chi connectivity index (χ1n) is 10.2. The van der Waals surface area contributed by atoms with E-state index in [1.165, 1.54) is 46.9 Å². The molecule has 0 bridgehead atoms. The number of aryl methyl sites for hydroxylation is 1. The van der Waals surface area contributed by atoms with Crippen LogP contribution < -0.4 is 15.4 Å². The lowest BCUT2D eigenvalue weighted by atomic mass is 10.1. The second-order valence-corrected chi connectivity index (χ2v) is 9.27. The number of halogens is 3. The van der Waals surface area contributed by atoms with Crippen LogP contribution in [0.25, 0.3) is 10.6 Å². The molecule has 1 aliphatic heterocycles. The van der Waals surface area contributed by atoms with Crippen LogP contribution in [0.1, 0.15) is 31.4 Å². The minimum atomic E-state index is -4.73. The number of nitrogens with zero attached hydrogens (tertiary/aromatic N) is 2. The van der Waals surface area contributed by atoms with Gasteiger partial charge >= 0.3 is 6.36 Å². The number of rotatable bonds is 7. The first kappa shape index (κ1) is 23.5. The monoisotopic (exact) mass is 498 g/mol. The topological polar surface area (TPSA) is 85.4 Å². The highest BCUT2D eigenvalue weighted by atomic mass is 32.1. The predicted molar refractivity (Wildman–Crippen MR) is 121 cm³/mol. The van der Waals surface area contributed by atoms with Crippen molar-refractivity contribution in [3.63, 3.8) is 0 Å². The fourth-order valence-electron chi connectivity index (χ4n) is 3.33. The van der Waals surface area contributed by atoms with Crippen LogP contribution in [0.3, 0.4) is 0 Å². The molecule has 176 valence electrons. The maximum Gasteiger partial charge on any atom is 0.573 e. The Morgan fingerprint density at radius 1 is 1.21 bits per heavy atom.